The molecule has 0 heterocycles. The number of hydrogen-bond acceptors (Lipinski definition) is 4. The molecule has 1 aromatic carbocycles. The number of Topliss-reactive ketones (excluding diaryl/α,β-unsaturated/α-hetero) is 2. The highest BCUT2D eigenvalue weighted by Crippen LogP contribution is 2.29. The largest absolute Gasteiger partial charge is 0.490 e. The lowest BCUT2D eigenvalue weighted by molar-refractivity contribution is -0.125. The van der Waals surface area contributed by atoms with Crippen LogP contribution in [0.15, 0.2) is 18.2 Å². The van der Waals surface area contributed by atoms with E-state index in [-0.39, 0.29) is 5.56 Å². The van der Waals surface area contributed by atoms with Gasteiger partial charge in [-0.3, -0.25) is 9.59 Å². The molecular weight excluding hydrogens is 287 g/mol. The lowest BCUT2D eigenvalue weighted by Crippen LogP contribution is -2.30. The fraction of sp³-hybridized carbons (Fsp3) is 0.529. The van der Waals surface area contributed by atoms with Crippen molar-refractivity contribution in [3.05, 3.63) is 23.8 Å². The number of alkyl halides is 1. The Morgan fingerprint density at radius 3 is 2.23 bits per heavy atom. The molecule has 0 bridgehead atoms. The minimum Gasteiger partial charge on any atom is -0.490 e. The molecule has 5 heteroatoms. The summed E-state index contributed by atoms with van der Waals surface area (Å²) in [4.78, 5) is 24.0. The number of benzene rings is 1. The standard InChI is InChI=1S/C17H23FO4/c1-5-11(4)16(19)15(18)17(20)12-8-9-13(21-6-2)14(10-12)22-7-3/h8-11,15H,5-7H2,1-4H3. The highest BCUT2D eigenvalue weighted by atomic mass is 19.1. The third-order valence-corrected chi connectivity index (χ3v) is 3.41. The molecule has 0 saturated heterocycles. The Hall–Kier alpha value is -1.91. The molecule has 2 atom stereocenters. The number of hydrogen-bond donors (Lipinski definition) is 0. The Labute approximate surface area is 130 Å². The van der Waals surface area contributed by atoms with E-state index in [0.717, 1.165) is 0 Å². The van der Waals surface area contributed by atoms with Crippen LogP contribution in [0.2, 0.25) is 0 Å². The number of halogens is 1. The van der Waals surface area contributed by atoms with E-state index in [1.807, 2.05) is 6.92 Å². The maximum absolute atomic E-state index is 14.1. The molecule has 0 spiro atoms. The highest BCUT2D eigenvalue weighted by Gasteiger charge is 2.30. The molecule has 22 heavy (non-hydrogen) atoms. The van der Waals surface area contributed by atoms with Gasteiger partial charge in [0.25, 0.3) is 0 Å². The van der Waals surface area contributed by atoms with Gasteiger partial charge in [0.05, 0.1) is 13.2 Å². The van der Waals surface area contributed by atoms with Crippen molar-refractivity contribution in [2.45, 2.75) is 40.3 Å². The molecule has 122 valence electrons. The van der Waals surface area contributed by atoms with Gasteiger partial charge in [0, 0.05) is 11.5 Å². The van der Waals surface area contributed by atoms with E-state index in [9.17, 15) is 14.0 Å². The Morgan fingerprint density at radius 1 is 1.09 bits per heavy atom. The second-order valence-corrected chi connectivity index (χ2v) is 4.97. The van der Waals surface area contributed by atoms with Crippen LogP contribution >= 0.6 is 0 Å². The fourth-order valence-electron chi connectivity index (χ4n) is 1.93. The lowest BCUT2D eigenvalue weighted by atomic mass is 9.95. The zero-order valence-electron chi connectivity index (χ0n) is 13.5. The maximum Gasteiger partial charge on any atom is 0.221 e. The van der Waals surface area contributed by atoms with Crippen LogP contribution in [0.4, 0.5) is 4.39 Å². The van der Waals surface area contributed by atoms with Gasteiger partial charge in [-0.05, 0) is 38.5 Å². The molecule has 0 fully saturated rings. The van der Waals surface area contributed by atoms with Crippen molar-refractivity contribution >= 4 is 11.6 Å². The fourth-order valence-corrected chi connectivity index (χ4v) is 1.93. The van der Waals surface area contributed by atoms with Gasteiger partial charge < -0.3 is 9.47 Å². The summed E-state index contributed by atoms with van der Waals surface area (Å²) in [6.07, 6.45) is -1.64. The maximum atomic E-state index is 14.1. The SMILES string of the molecule is CCOc1ccc(C(=O)C(F)C(=O)C(C)CC)cc1OCC. The van der Waals surface area contributed by atoms with Crippen LogP contribution in [0.1, 0.15) is 44.5 Å². The summed E-state index contributed by atoms with van der Waals surface area (Å²) in [5.74, 6) is -1.13. The van der Waals surface area contributed by atoms with E-state index in [1.54, 1.807) is 26.8 Å². The monoisotopic (exact) mass is 310 g/mol. The average Bonchev–Trinajstić information content (AvgIpc) is 2.54. The van der Waals surface area contributed by atoms with Crippen LogP contribution in [-0.4, -0.2) is 31.0 Å². The number of carbonyl (C=O) groups is 2. The zero-order chi connectivity index (χ0) is 16.7. The quantitative estimate of drug-likeness (QED) is 0.516. The normalized spacial score (nSPS) is 13.3. The molecule has 0 amide bonds. The first kappa shape index (κ1) is 18.1. The predicted octanol–water partition coefficient (Wildman–Crippen LogP) is 3.62. The molecule has 0 saturated carbocycles. The van der Waals surface area contributed by atoms with Gasteiger partial charge in [-0.15, -0.1) is 0 Å². The highest BCUT2D eigenvalue weighted by molar-refractivity contribution is 6.13. The summed E-state index contributed by atoms with van der Waals surface area (Å²) in [5, 5.41) is 0. The second kappa shape index (κ2) is 8.51. The van der Waals surface area contributed by atoms with Crippen molar-refractivity contribution in [3.8, 4) is 11.5 Å². The smallest absolute Gasteiger partial charge is 0.221 e. The average molecular weight is 310 g/mol. The first-order valence-electron chi connectivity index (χ1n) is 7.57. The molecule has 1 rings (SSSR count). The molecule has 1 aromatic rings. The Morgan fingerprint density at radius 2 is 1.68 bits per heavy atom. The van der Waals surface area contributed by atoms with Crippen molar-refractivity contribution in [1.29, 1.82) is 0 Å². The minimum absolute atomic E-state index is 0.107. The van der Waals surface area contributed by atoms with E-state index in [1.165, 1.54) is 12.1 Å². The van der Waals surface area contributed by atoms with Gasteiger partial charge in [0.15, 0.2) is 17.3 Å². The van der Waals surface area contributed by atoms with Crippen molar-refractivity contribution < 1.29 is 23.5 Å². The van der Waals surface area contributed by atoms with Crippen molar-refractivity contribution in [1.82, 2.24) is 0 Å². The van der Waals surface area contributed by atoms with Crippen LogP contribution in [0.5, 0.6) is 11.5 Å². The van der Waals surface area contributed by atoms with Gasteiger partial charge >= 0.3 is 0 Å². The van der Waals surface area contributed by atoms with Gasteiger partial charge in [0.1, 0.15) is 0 Å². The van der Waals surface area contributed by atoms with Crippen LogP contribution in [0.3, 0.4) is 0 Å². The number of carbonyl (C=O) groups excluding carboxylic acids is 2. The van der Waals surface area contributed by atoms with E-state index in [4.69, 9.17) is 9.47 Å². The Balaban J connectivity index is 3.02. The first-order valence-corrected chi connectivity index (χ1v) is 7.57. The van der Waals surface area contributed by atoms with Crippen molar-refractivity contribution in [2.75, 3.05) is 13.2 Å². The number of ketones is 2. The Kier molecular flexibility index (Phi) is 7.02. The molecule has 2 unspecified atom stereocenters. The molecule has 0 radical (unpaired) electrons. The van der Waals surface area contributed by atoms with Crippen LogP contribution < -0.4 is 9.47 Å². The summed E-state index contributed by atoms with van der Waals surface area (Å²) in [7, 11) is 0. The van der Waals surface area contributed by atoms with Crippen LogP contribution in [0, 0.1) is 5.92 Å². The van der Waals surface area contributed by atoms with Crippen molar-refractivity contribution in [2.24, 2.45) is 5.92 Å². The topological polar surface area (TPSA) is 52.6 Å². The van der Waals surface area contributed by atoms with E-state index in [2.05, 4.69) is 0 Å². The molecule has 0 aromatic heterocycles. The lowest BCUT2D eigenvalue weighted by Gasteiger charge is -2.14. The van der Waals surface area contributed by atoms with E-state index < -0.39 is 23.7 Å². The zero-order valence-corrected chi connectivity index (χ0v) is 13.5. The van der Waals surface area contributed by atoms with Crippen molar-refractivity contribution in [3.63, 3.8) is 0 Å². The molecular formula is C17H23FO4. The first-order chi connectivity index (χ1) is 10.5. The number of rotatable bonds is 9. The molecule has 0 aliphatic carbocycles. The van der Waals surface area contributed by atoms with Crippen LogP contribution in [-0.2, 0) is 4.79 Å². The third-order valence-electron chi connectivity index (χ3n) is 3.41. The molecule has 4 nitrogen and oxygen atoms in total. The van der Waals surface area contributed by atoms with Gasteiger partial charge in [-0.1, -0.05) is 13.8 Å². The molecule has 0 aliphatic rings. The Bertz CT molecular complexity index is 527. The second-order valence-electron chi connectivity index (χ2n) is 4.97. The summed E-state index contributed by atoms with van der Waals surface area (Å²) in [6.45, 7) is 7.87. The third kappa shape index (κ3) is 4.29. The minimum atomic E-state index is -2.14. The summed E-state index contributed by atoms with van der Waals surface area (Å²) < 4.78 is 24.9. The predicted molar refractivity (Wildman–Crippen MR) is 82.5 cm³/mol. The summed E-state index contributed by atoms with van der Waals surface area (Å²) in [6, 6.07) is 4.43. The van der Waals surface area contributed by atoms with E-state index >= 15 is 0 Å². The molecule has 0 aliphatic heterocycles. The van der Waals surface area contributed by atoms with Gasteiger partial charge in [0.2, 0.25) is 12.0 Å². The van der Waals surface area contributed by atoms with Gasteiger partial charge in [-0.25, -0.2) is 4.39 Å². The van der Waals surface area contributed by atoms with E-state index in [0.29, 0.717) is 31.1 Å². The van der Waals surface area contributed by atoms with Crippen LogP contribution in [0.25, 0.3) is 0 Å². The molecule has 0 N–H and O–H groups in total. The summed E-state index contributed by atoms with van der Waals surface area (Å²) in [5.41, 5.74) is 0.107. The number of ether oxygens (including phenoxy) is 2. The summed E-state index contributed by atoms with van der Waals surface area (Å²) >= 11 is 0. The van der Waals surface area contributed by atoms with Gasteiger partial charge in [-0.2, -0.15) is 0 Å².